The Morgan fingerprint density at radius 3 is 2.71 bits per heavy atom. The number of carbonyl (C=O) groups is 1. The number of carboxylic acids is 1. The van der Waals surface area contributed by atoms with Gasteiger partial charge >= 0.3 is 12.1 Å². The molecule has 0 aromatic carbocycles. The van der Waals surface area contributed by atoms with Crippen molar-refractivity contribution in [3.8, 4) is 0 Å². The van der Waals surface area contributed by atoms with Crippen LogP contribution in [0.4, 0.5) is 13.2 Å². The van der Waals surface area contributed by atoms with Gasteiger partial charge in [-0.1, -0.05) is 6.92 Å². The molecule has 0 aromatic heterocycles. The maximum atomic E-state index is 11.8. The van der Waals surface area contributed by atoms with Crippen LogP contribution in [0.3, 0.4) is 0 Å². The fraction of sp³-hybridized carbons (Fsp3) is 0.900. The van der Waals surface area contributed by atoms with Crippen molar-refractivity contribution in [3.63, 3.8) is 0 Å². The van der Waals surface area contributed by atoms with Gasteiger partial charge in [0.25, 0.3) is 0 Å². The van der Waals surface area contributed by atoms with Gasteiger partial charge in [0, 0.05) is 6.54 Å². The van der Waals surface area contributed by atoms with Crippen LogP contribution < -0.4 is 0 Å². The first-order valence-corrected chi connectivity index (χ1v) is 5.42. The van der Waals surface area contributed by atoms with Crippen molar-refractivity contribution in [2.45, 2.75) is 25.6 Å². The summed E-state index contributed by atoms with van der Waals surface area (Å²) in [5.74, 6) is -0.902. The van der Waals surface area contributed by atoms with E-state index in [-0.39, 0.29) is 19.1 Å². The van der Waals surface area contributed by atoms with Crippen LogP contribution in [-0.2, 0) is 9.53 Å². The average molecular weight is 255 g/mol. The van der Waals surface area contributed by atoms with Crippen molar-refractivity contribution in [1.29, 1.82) is 0 Å². The molecule has 7 heteroatoms. The smallest absolute Gasteiger partial charge is 0.411 e. The van der Waals surface area contributed by atoms with Crippen molar-refractivity contribution in [3.05, 3.63) is 0 Å². The highest BCUT2D eigenvalue weighted by Crippen LogP contribution is 2.23. The maximum Gasteiger partial charge on any atom is 0.411 e. The molecule has 0 saturated carbocycles. The molecule has 1 heterocycles. The average Bonchev–Trinajstić information content (AvgIpc) is 2.53. The van der Waals surface area contributed by atoms with Gasteiger partial charge in [0.05, 0.1) is 6.61 Å². The number of halogens is 3. The van der Waals surface area contributed by atoms with Gasteiger partial charge in [-0.3, -0.25) is 9.69 Å². The lowest BCUT2D eigenvalue weighted by atomic mass is 10.0. The highest BCUT2D eigenvalue weighted by atomic mass is 19.4. The summed E-state index contributed by atoms with van der Waals surface area (Å²) in [6, 6.07) is -0.607. The molecule has 0 aromatic rings. The molecule has 1 rings (SSSR count). The van der Waals surface area contributed by atoms with Gasteiger partial charge in [0.15, 0.2) is 0 Å². The molecule has 100 valence electrons. The van der Waals surface area contributed by atoms with Crippen molar-refractivity contribution < 1.29 is 27.8 Å². The topological polar surface area (TPSA) is 49.8 Å². The highest BCUT2D eigenvalue weighted by molar-refractivity contribution is 5.74. The molecule has 2 unspecified atom stereocenters. The van der Waals surface area contributed by atoms with E-state index >= 15 is 0 Å². The lowest BCUT2D eigenvalue weighted by Crippen LogP contribution is -2.40. The van der Waals surface area contributed by atoms with Gasteiger partial charge in [0.2, 0.25) is 0 Å². The number of alkyl halides is 3. The molecule has 4 nitrogen and oxygen atoms in total. The molecule has 0 radical (unpaired) electrons. The van der Waals surface area contributed by atoms with Gasteiger partial charge in [-0.25, -0.2) is 0 Å². The van der Waals surface area contributed by atoms with Crippen LogP contribution in [0.2, 0.25) is 0 Å². The number of likely N-dealkylation sites (tertiary alicyclic amines) is 1. The fourth-order valence-corrected chi connectivity index (χ4v) is 2.05. The predicted octanol–water partition coefficient (Wildman–Crippen LogP) is 1.36. The van der Waals surface area contributed by atoms with Gasteiger partial charge in [-0.05, 0) is 18.9 Å². The van der Waals surface area contributed by atoms with Crippen LogP contribution >= 0.6 is 0 Å². The lowest BCUT2D eigenvalue weighted by Gasteiger charge is -2.22. The molecule has 1 saturated heterocycles. The van der Waals surface area contributed by atoms with Crippen LogP contribution in [-0.4, -0.2) is 54.5 Å². The third-order valence-electron chi connectivity index (χ3n) is 2.85. The molecule has 0 aliphatic carbocycles. The van der Waals surface area contributed by atoms with E-state index in [9.17, 15) is 18.0 Å². The molecule has 1 fully saturated rings. The minimum atomic E-state index is -4.33. The standard InChI is InChI=1S/C10H16F3NO3/c1-7-2-3-14(8(7)9(15)16)4-5-17-6-10(11,12)13/h7-8H,2-6H2,1H3,(H,15,16). The molecule has 1 N–H and O–H groups in total. The Kier molecular flexibility index (Phi) is 4.76. The van der Waals surface area contributed by atoms with E-state index in [4.69, 9.17) is 5.11 Å². The molecular formula is C10H16F3NO3. The summed E-state index contributed by atoms with van der Waals surface area (Å²) in [6.45, 7) is 1.25. The first kappa shape index (κ1) is 14.2. The van der Waals surface area contributed by atoms with E-state index < -0.39 is 24.8 Å². The van der Waals surface area contributed by atoms with Crippen LogP contribution in [0.15, 0.2) is 0 Å². The Bertz CT molecular complexity index is 270. The molecule has 0 amide bonds. The van der Waals surface area contributed by atoms with Crippen molar-refractivity contribution in [1.82, 2.24) is 4.90 Å². The molecule has 1 aliphatic heterocycles. The van der Waals surface area contributed by atoms with Gasteiger partial charge in [0.1, 0.15) is 12.6 Å². The Balaban J connectivity index is 2.29. The number of aliphatic carboxylic acids is 1. The third kappa shape index (κ3) is 4.51. The summed E-state index contributed by atoms with van der Waals surface area (Å²) >= 11 is 0. The van der Waals surface area contributed by atoms with Crippen LogP contribution in [0.5, 0.6) is 0 Å². The normalized spacial score (nSPS) is 26.4. The second-order valence-corrected chi connectivity index (χ2v) is 4.25. The summed E-state index contributed by atoms with van der Waals surface area (Å²) in [6.07, 6.45) is -3.58. The second kappa shape index (κ2) is 5.68. The van der Waals surface area contributed by atoms with Crippen LogP contribution in [0.1, 0.15) is 13.3 Å². The van der Waals surface area contributed by atoms with Gasteiger partial charge in [-0.15, -0.1) is 0 Å². The molecule has 17 heavy (non-hydrogen) atoms. The van der Waals surface area contributed by atoms with E-state index in [1.165, 1.54) is 0 Å². The molecule has 0 spiro atoms. The maximum absolute atomic E-state index is 11.8. The Morgan fingerprint density at radius 2 is 2.18 bits per heavy atom. The summed E-state index contributed by atoms with van der Waals surface area (Å²) in [5, 5.41) is 8.98. The molecule has 1 aliphatic rings. The summed E-state index contributed by atoms with van der Waals surface area (Å²) in [4.78, 5) is 12.6. The SMILES string of the molecule is CC1CCN(CCOCC(F)(F)F)C1C(=O)O. The third-order valence-corrected chi connectivity index (χ3v) is 2.85. The Morgan fingerprint density at radius 1 is 1.53 bits per heavy atom. The minimum absolute atomic E-state index is 0.0233. The van der Waals surface area contributed by atoms with Crippen LogP contribution in [0, 0.1) is 5.92 Å². The summed E-state index contributed by atoms with van der Waals surface area (Å²) in [5.41, 5.74) is 0. The number of rotatable bonds is 5. The molecule has 2 atom stereocenters. The minimum Gasteiger partial charge on any atom is -0.480 e. The predicted molar refractivity (Wildman–Crippen MR) is 53.7 cm³/mol. The Labute approximate surface area is 97.3 Å². The monoisotopic (exact) mass is 255 g/mol. The zero-order valence-electron chi connectivity index (χ0n) is 9.54. The highest BCUT2D eigenvalue weighted by Gasteiger charge is 2.36. The second-order valence-electron chi connectivity index (χ2n) is 4.25. The van der Waals surface area contributed by atoms with Crippen molar-refractivity contribution in [2.75, 3.05) is 26.3 Å². The van der Waals surface area contributed by atoms with E-state index in [1.54, 1.807) is 4.90 Å². The number of nitrogens with zero attached hydrogens (tertiary/aromatic N) is 1. The van der Waals surface area contributed by atoms with E-state index in [0.29, 0.717) is 6.54 Å². The van der Waals surface area contributed by atoms with Crippen molar-refractivity contribution in [2.24, 2.45) is 5.92 Å². The van der Waals surface area contributed by atoms with Gasteiger partial charge < -0.3 is 9.84 Å². The lowest BCUT2D eigenvalue weighted by molar-refractivity contribution is -0.175. The fourth-order valence-electron chi connectivity index (χ4n) is 2.05. The zero-order chi connectivity index (χ0) is 13.1. The van der Waals surface area contributed by atoms with E-state index in [0.717, 1.165) is 6.42 Å². The van der Waals surface area contributed by atoms with E-state index in [1.807, 2.05) is 6.92 Å². The first-order chi connectivity index (χ1) is 7.81. The quantitative estimate of drug-likeness (QED) is 0.754. The summed E-state index contributed by atoms with van der Waals surface area (Å²) in [7, 11) is 0. The number of hydrogen-bond acceptors (Lipinski definition) is 3. The summed E-state index contributed by atoms with van der Waals surface area (Å²) < 4.78 is 39.8. The zero-order valence-corrected chi connectivity index (χ0v) is 9.54. The molecular weight excluding hydrogens is 239 g/mol. The van der Waals surface area contributed by atoms with Crippen LogP contribution in [0.25, 0.3) is 0 Å². The first-order valence-electron chi connectivity index (χ1n) is 5.42. The van der Waals surface area contributed by atoms with E-state index in [2.05, 4.69) is 4.74 Å². The largest absolute Gasteiger partial charge is 0.480 e. The van der Waals surface area contributed by atoms with Gasteiger partial charge in [-0.2, -0.15) is 13.2 Å². The molecule has 0 bridgehead atoms. The van der Waals surface area contributed by atoms with Crippen molar-refractivity contribution >= 4 is 5.97 Å². The number of carboxylic acid groups (broad SMARTS) is 1. The number of hydrogen-bond donors (Lipinski definition) is 1. The Hall–Kier alpha value is -0.820. The number of ether oxygens (including phenoxy) is 1.